The van der Waals surface area contributed by atoms with Crippen LogP contribution < -0.4 is 10.6 Å². The third-order valence-corrected chi connectivity index (χ3v) is 8.39. The maximum Gasteiger partial charge on any atom is 0.245 e. The zero-order valence-electron chi connectivity index (χ0n) is 21.1. The third-order valence-electron chi connectivity index (χ3n) is 8.39. The Morgan fingerprint density at radius 3 is 2.54 bits per heavy atom. The first-order valence-corrected chi connectivity index (χ1v) is 13.1. The van der Waals surface area contributed by atoms with Gasteiger partial charge in [0.1, 0.15) is 11.6 Å². The number of aliphatic hydroxyl groups excluding tert-OH is 1. The summed E-state index contributed by atoms with van der Waals surface area (Å²) in [6.07, 6.45) is 5.06. The number of fused-ring (bicyclic) bond motifs is 1. The Hall–Kier alpha value is -2.45. The van der Waals surface area contributed by atoms with Crippen molar-refractivity contribution in [1.82, 2.24) is 15.5 Å². The van der Waals surface area contributed by atoms with E-state index >= 15 is 0 Å². The van der Waals surface area contributed by atoms with E-state index in [9.17, 15) is 19.5 Å². The molecule has 3 aliphatic rings. The molecular weight excluding hydrogens is 446 g/mol. The topological polar surface area (TPSA) is 108 Å². The van der Waals surface area contributed by atoms with E-state index < -0.39 is 35.1 Å². The maximum atomic E-state index is 14.1. The number of hydrogen-bond acceptors (Lipinski definition) is 5. The predicted molar refractivity (Wildman–Crippen MR) is 131 cm³/mol. The van der Waals surface area contributed by atoms with Crippen molar-refractivity contribution in [3.63, 3.8) is 0 Å². The van der Waals surface area contributed by atoms with Crippen molar-refractivity contribution in [1.29, 1.82) is 0 Å². The van der Waals surface area contributed by atoms with Crippen LogP contribution >= 0.6 is 0 Å². The number of amides is 3. The van der Waals surface area contributed by atoms with Gasteiger partial charge in [0, 0.05) is 13.6 Å². The second-order valence-corrected chi connectivity index (χ2v) is 10.2. The highest BCUT2D eigenvalue weighted by Gasteiger charge is 2.79. The molecule has 35 heavy (non-hydrogen) atoms. The highest BCUT2D eigenvalue weighted by molar-refractivity contribution is 5.99. The van der Waals surface area contributed by atoms with E-state index in [1.807, 2.05) is 37.3 Å². The smallest absolute Gasteiger partial charge is 0.245 e. The molecule has 0 radical (unpaired) electrons. The summed E-state index contributed by atoms with van der Waals surface area (Å²) in [5.74, 6) is -2.15. The number of unbranched alkanes of at least 4 members (excludes halogenated alkanes) is 2. The van der Waals surface area contributed by atoms with Gasteiger partial charge in [-0.3, -0.25) is 14.4 Å². The minimum atomic E-state index is -1.07. The van der Waals surface area contributed by atoms with E-state index in [-0.39, 0.29) is 24.3 Å². The van der Waals surface area contributed by atoms with Crippen LogP contribution in [0.3, 0.4) is 0 Å². The summed E-state index contributed by atoms with van der Waals surface area (Å²) in [5, 5.41) is 16.2. The summed E-state index contributed by atoms with van der Waals surface area (Å²) < 4.78 is 6.70. The van der Waals surface area contributed by atoms with Gasteiger partial charge >= 0.3 is 0 Å². The lowest BCUT2D eigenvalue weighted by Crippen LogP contribution is -2.58. The minimum Gasteiger partial charge on any atom is -0.394 e. The molecule has 3 amide bonds. The van der Waals surface area contributed by atoms with E-state index in [4.69, 9.17) is 4.74 Å². The first-order chi connectivity index (χ1) is 16.9. The summed E-state index contributed by atoms with van der Waals surface area (Å²) in [4.78, 5) is 42.5. The maximum absolute atomic E-state index is 14.1. The molecule has 2 unspecified atom stereocenters. The molecule has 3 fully saturated rings. The Bertz CT molecular complexity index is 940. The van der Waals surface area contributed by atoms with E-state index in [2.05, 4.69) is 17.6 Å². The molecule has 4 rings (SSSR count). The van der Waals surface area contributed by atoms with E-state index in [1.165, 1.54) is 0 Å². The fourth-order valence-electron chi connectivity index (χ4n) is 6.72. The number of aliphatic hydroxyl groups is 1. The summed E-state index contributed by atoms with van der Waals surface area (Å²) in [6, 6.07) is 8.16. The van der Waals surface area contributed by atoms with E-state index in [0.717, 1.165) is 24.8 Å². The fraction of sp³-hybridized carbons (Fsp3) is 0.667. The summed E-state index contributed by atoms with van der Waals surface area (Å²) >= 11 is 0. The number of rotatable bonds is 11. The quantitative estimate of drug-likeness (QED) is 0.414. The van der Waals surface area contributed by atoms with Crippen molar-refractivity contribution in [3.05, 3.63) is 35.9 Å². The molecule has 2 bridgehead atoms. The van der Waals surface area contributed by atoms with Crippen LogP contribution in [0.5, 0.6) is 0 Å². The molecule has 8 heteroatoms. The number of benzene rings is 1. The molecule has 3 heterocycles. The van der Waals surface area contributed by atoms with Crippen LogP contribution in [0.25, 0.3) is 0 Å². The second kappa shape index (κ2) is 10.3. The lowest BCUT2D eigenvalue weighted by molar-refractivity contribution is -0.151. The molecule has 1 aromatic rings. The number of nitrogens with zero attached hydrogens (tertiary/aromatic N) is 1. The van der Waals surface area contributed by atoms with Gasteiger partial charge in [0.05, 0.1) is 30.1 Å². The number of likely N-dealkylation sites (tertiary alicyclic amines) is 1. The molecule has 0 aliphatic carbocycles. The van der Waals surface area contributed by atoms with E-state index in [1.54, 1.807) is 11.9 Å². The van der Waals surface area contributed by atoms with Gasteiger partial charge in [-0.25, -0.2) is 0 Å². The van der Waals surface area contributed by atoms with Gasteiger partial charge < -0.3 is 25.4 Å². The van der Waals surface area contributed by atoms with Gasteiger partial charge in [-0.2, -0.15) is 0 Å². The van der Waals surface area contributed by atoms with Crippen LogP contribution in [0.2, 0.25) is 0 Å². The number of carbonyl (C=O) groups is 3. The molecule has 6 atom stereocenters. The molecule has 3 saturated heterocycles. The molecule has 3 aliphatic heterocycles. The Morgan fingerprint density at radius 1 is 1.17 bits per heavy atom. The van der Waals surface area contributed by atoms with Crippen LogP contribution in [0.1, 0.15) is 57.9 Å². The van der Waals surface area contributed by atoms with Crippen molar-refractivity contribution >= 4 is 17.7 Å². The lowest BCUT2D eigenvalue weighted by atomic mass is 9.65. The van der Waals surface area contributed by atoms with Gasteiger partial charge in [0.2, 0.25) is 17.7 Å². The monoisotopic (exact) mass is 485 g/mol. The Kier molecular flexibility index (Phi) is 7.52. The average Bonchev–Trinajstić information content (AvgIpc) is 3.49. The number of hydrogen-bond donors (Lipinski definition) is 3. The minimum absolute atomic E-state index is 0.223. The molecule has 0 aromatic heterocycles. The Balaban J connectivity index is 1.73. The summed E-state index contributed by atoms with van der Waals surface area (Å²) in [5.41, 5.74) is -0.848. The van der Waals surface area contributed by atoms with Crippen LogP contribution in [0.4, 0.5) is 0 Å². The lowest BCUT2D eigenvalue weighted by Gasteiger charge is -2.37. The molecule has 1 aromatic carbocycles. The van der Waals surface area contributed by atoms with Crippen LogP contribution in [0.15, 0.2) is 30.3 Å². The molecule has 8 nitrogen and oxygen atoms in total. The first kappa shape index (κ1) is 25.6. The predicted octanol–water partition coefficient (Wildman–Crippen LogP) is 1.80. The van der Waals surface area contributed by atoms with Crippen LogP contribution in [-0.2, 0) is 25.5 Å². The van der Waals surface area contributed by atoms with Gasteiger partial charge in [0.25, 0.3) is 0 Å². The van der Waals surface area contributed by atoms with Crippen molar-refractivity contribution in [2.24, 2.45) is 11.8 Å². The fourth-order valence-corrected chi connectivity index (χ4v) is 6.72. The molecule has 192 valence electrons. The highest BCUT2D eigenvalue weighted by atomic mass is 16.5. The number of ether oxygens (including phenoxy) is 1. The third kappa shape index (κ3) is 4.14. The van der Waals surface area contributed by atoms with E-state index in [0.29, 0.717) is 32.2 Å². The molecule has 1 spiro atoms. The Labute approximate surface area is 207 Å². The van der Waals surface area contributed by atoms with Gasteiger partial charge in [-0.15, -0.1) is 0 Å². The number of carbonyl (C=O) groups excluding carboxylic acids is 3. The summed E-state index contributed by atoms with van der Waals surface area (Å²) in [7, 11) is 1.57. The molecule has 3 N–H and O–H groups in total. The zero-order valence-corrected chi connectivity index (χ0v) is 21.1. The van der Waals surface area contributed by atoms with Crippen LogP contribution in [-0.4, -0.2) is 71.2 Å². The first-order valence-electron chi connectivity index (χ1n) is 13.1. The van der Waals surface area contributed by atoms with Crippen molar-refractivity contribution in [2.75, 3.05) is 20.2 Å². The highest BCUT2D eigenvalue weighted by Crippen LogP contribution is 2.64. The normalized spacial score (nSPS) is 31.9. The second-order valence-electron chi connectivity index (χ2n) is 10.2. The number of nitrogens with one attached hydrogen (secondary N) is 2. The van der Waals surface area contributed by atoms with Crippen molar-refractivity contribution in [3.8, 4) is 0 Å². The van der Waals surface area contributed by atoms with Gasteiger partial charge in [-0.1, -0.05) is 57.0 Å². The standard InChI is InChI=1S/C27H39N3O5/c1-4-6-10-15-29-24(33)22-27-14-13-26(5-2,35-27)20(23(32)28-3)21(27)25(34)30(22)19(17-31)16-18-11-8-7-9-12-18/h7-9,11-12,19-22,31H,4-6,10,13-17H2,1-3H3,(H,28,32)(H,29,33)/t19-,20-,21+,22?,26+,27?/m1/s1. The van der Waals surface area contributed by atoms with Gasteiger partial charge in [0.15, 0.2) is 0 Å². The average molecular weight is 486 g/mol. The zero-order chi connectivity index (χ0) is 25.2. The van der Waals surface area contributed by atoms with Gasteiger partial charge in [-0.05, 0) is 37.7 Å². The van der Waals surface area contributed by atoms with Crippen LogP contribution in [0, 0.1) is 11.8 Å². The largest absolute Gasteiger partial charge is 0.394 e. The molecule has 0 saturated carbocycles. The van der Waals surface area contributed by atoms with Crippen molar-refractivity contribution in [2.45, 2.75) is 82.1 Å². The SMILES string of the molecule is CCCCCNC(=O)C1N([C@@H](CO)Cc2ccccc2)C(=O)[C@@H]2[C@H](C(=O)NC)[C@]3(CC)CCC12O3. The Morgan fingerprint density at radius 2 is 1.91 bits per heavy atom. The summed E-state index contributed by atoms with van der Waals surface area (Å²) in [6.45, 7) is 4.31. The molecular formula is C27H39N3O5. The van der Waals surface area contributed by atoms with Crippen molar-refractivity contribution < 1.29 is 24.2 Å².